The molecule has 0 bridgehead atoms. The van der Waals surface area contributed by atoms with Gasteiger partial charge in [0, 0.05) is 16.9 Å². The number of aromatic nitrogens is 2. The van der Waals surface area contributed by atoms with Gasteiger partial charge in [-0.25, -0.2) is 4.98 Å². The predicted molar refractivity (Wildman–Crippen MR) is 130 cm³/mol. The number of carbonyl (C=O) groups excluding carboxylic acids is 1. The van der Waals surface area contributed by atoms with E-state index in [1.54, 1.807) is 24.3 Å². The molecule has 1 aliphatic rings. The molecule has 33 heavy (non-hydrogen) atoms. The van der Waals surface area contributed by atoms with Crippen LogP contribution in [0.3, 0.4) is 0 Å². The van der Waals surface area contributed by atoms with E-state index in [0.717, 1.165) is 29.0 Å². The normalized spacial score (nSPS) is 15.0. The molecule has 5 rings (SSSR count). The van der Waals surface area contributed by atoms with E-state index in [1.807, 2.05) is 35.7 Å². The average Bonchev–Trinajstić information content (AvgIpc) is 3.26. The molecule has 7 nitrogen and oxygen atoms in total. The van der Waals surface area contributed by atoms with Gasteiger partial charge in [-0.2, -0.15) is 0 Å². The van der Waals surface area contributed by atoms with Crippen molar-refractivity contribution in [1.82, 2.24) is 14.9 Å². The van der Waals surface area contributed by atoms with E-state index >= 15 is 0 Å². The number of phenols is 1. The van der Waals surface area contributed by atoms with Crippen LogP contribution in [0, 0.1) is 5.92 Å². The largest absolute Gasteiger partial charge is 0.506 e. The zero-order valence-electron chi connectivity index (χ0n) is 18.0. The minimum atomic E-state index is -0.118. The van der Waals surface area contributed by atoms with Crippen LogP contribution in [-0.4, -0.2) is 39.0 Å². The molecule has 2 aromatic carbocycles. The van der Waals surface area contributed by atoms with Crippen molar-refractivity contribution < 1.29 is 9.90 Å². The van der Waals surface area contributed by atoms with Gasteiger partial charge >= 0.3 is 0 Å². The SMILES string of the molecule is O=C(Nc1ccccc1O)C1CCN(Cc2nc3scc(-c4ccccc4)c3c(=O)[nH]2)CC1. The summed E-state index contributed by atoms with van der Waals surface area (Å²) in [5, 5.41) is 15.3. The molecule has 0 saturated carbocycles. The standard InChI is InChI=1S/C25H24N4O3S/c30-20-9-5-4-8-19(20)26-23(31)17-10-12-29(13-11-17)14-21-27-24(32)22-18(15-33-25(22)28-21)16-6-2-1-3-7-16/h1-9,15,17,30H,10-14H2,(H,26,31)(H,27,28,32). The molecule has 1 aliphatic heterocycles. The third-order valence-electron chi connectivity index (χ3n) is 6.07. The first-order valence-corrected chi connectivity index (χ1v) is 11.8. The molecule has 1 amide bonds. The Hall–Kier alpha value is -3.49. The molecule has 0 radical (unpaired) electrons. The van der Waals surface area contributed by atoms with E-state index in [2.05, 4.69) is 15.2 Å². The number of benzene rings is 2. The number of thiophene rings is 1. The summed E-state index contributed by atoms with van der Waals surface area (Å²) in [7, 11) is 0. The number of rotatable bonds is 5. The Labute approximate surface area is 194 Å². The lowest BCUT2D eigenvalue weighted by molar-refractivity contribution is -0.121. The molecule has 3 N–H and O–H groups in total. The highest BCUT2D eigenvalue weighted by molar-refractivity contribution is 7.17. The number of para-hydroxylation sites is 2. The van der Waals surface area contributed by atoms with Crippen LogP contribution < -0.4 is 10.9 Å². The number of amides is 1. The van der Waals surface area contributed by atoms with Crippen LogP contribution in [-0.2, 0) is 11.3 Å². The summed E-state index contributed by atoms with van der Waals surface area (Å²) < 4.78 is 0. The summed E-state index contributed by atoms with van der Waals surface area (Å²) in [6.45, 7) is 2.01. The van der Waals surface area contributed by atoms with Gasteiger partial charge in [-0.15, -0.1) is 11.3 Å². The maximum atomic E-state index is 12.9. The van der Waals surface area contributed by atoms with Crippen molar-refractivity contribution in [2.75, 3.05) is 18.4 Å². The first kappa shape index (κ1) is 21.4. The molecule has 1 saturated heterocycles. The second-order valence-corrected chi connectivity index (χ2v) is 9.12. The number of hydrogen-bond donors (Lipinski definition) is 3. The summed E-state index contributed by atoms with van der Waals surface area (Å²) in [6.07, 6.45) is 1.42. The number of piperidine rings is 1. The number of hydrogen-bond acceptors (Lipinski definition) is 6. The Morgan fingerprint density at radius 3 is 2.61 bits per heavy atom. The highest BCUT2D eigenvalue weighted by Gasteiger charge is 2.26. The Balaban J connectivity index is 1.24. The third kappa shape index (κ3) is 4.53. The fourth-order valence-corrected chi connectivity index (χ4v) is 5.24. The summed E-state index contributed by atoms with van der Waals surface area (Å²) >= 11 is 1.48. The van der Waals surface area contributed by atoms with Crippen LogP contribution in [0.25, 0.3) is 21.3 Å². The number of anilines is 1. The van der Waals surface area contributed by atoms with E-state index in [4.69, 9.17) is 4.98 Å². The van der Waals surface area contributed by atoms with Crippen LogP contribution in [0.15, 0.2) is 64.8 Å². The van der Waals surface area contributed by atoms with Crippen LogP contribution in [0.4, 0.5) is 5.69 Å². The topological polar surface area (TPSA) is 98.3 Å². The van der Waals surface area contributed by atoms with Gasteiger partial charge in [-0.1, -0.05) is 42.5 Å². The van der Waals surface area contributed by atoms with Crippen molar-refractivity contribution in [3.8, 4) is 16.9 Å². The van der Waals surface area contributed by atoms with E-state index in [-0.39, 0.29) is 23.1 Å². The number of likely N-dealkylation sites (tertiary alicyclic amines) is 1. The smallest absolute Gasteiger partial charge is 0.260 e. The summed E-state index contributed by atoms with van der Waals surface area (Å²) in [5.74, 6) is 0.529. The Bertz CT molecular complexity index is 1340. The molecule has 0 spiro atoms. The summed E-state index contributed by atoms with van der Waals surface area (Å²) in [6, 6.07) is 16.6. The van der Waals surface area contributed by atoms with Gasteiger partial charge in [0.1, 0.15) is 16.4 Å². The molecule has 3 heterocycles. The van der Waals surface area contributed by atoms with Gasteiger partial charge in [0.25, 0.3) is 5.56 Å². The third-order valence-corrected chi connectivity index (χ3v) is 6.94. The molecule has 1 fully saturated rings. The minimum absolute atomic E-state index is 0.0673. The number of fused-ring (bicyclic) bond motifs is 1. The molecule has 0 atom stereocenters. The fourth-order valence-electron chi connectivity index (χ4n) is 4.28. The zero-order chi connectivity index (χ0) is 22.8. The van der Waals surface area contributed by atoms with Crippen molar-refractivity contribution in [2.45, 2.75) is 19.4 Å². The molecule has 4 aromatic rings. The zero-order valence-corrected chi connectivity index (χ0v) is 18.8. The number of carbonyl (C=O) groups is 1. The number of nitrogens with one attached hydrogen (secondary N) is 2. The number of phenolic OH excluding ortho intramolecular Hbond substituents is 1. The second kappa shape index (κ2) is 9.17. The Morgan fingerprint density at radius 1 is 1.12 bits per heavy atom. The van der Waals surface area contributed by atoms with E-state index in [9.17, 15) is 14.7 Å². The first-order valence-electron chi connectivity index (χ1n) is 11.0. The highest BCUT2D eigenvalue weighted by Crippen LogP contribution is 2.31. The molecule has 168 valence electrons. The molecule has 0 unspecified atom stereocenters. The quantitative estimate of drug-likeness (QED) is 0.388. The average molecular weight is 461 g/mol. The summed E-state index contributed by atoms with van der Waals surface area (Å²) in [5.41, 5.74) is 2.23. The Morgan fingerprint density at radius 2 is 1.85 bits per heavy atom. The maximum absolute atomic E-state index is 12.9. The summed E-state index contributed by atoms with van der Waals surface area (Å²) in [4.78, 5) is 36.1. The first-order chi connectivity index (χ1) is 16.1. The van der Waals surface area contributed by atoms with Crippen molar-refractivity contribution in [2.24, 2.45) is 5.92 Å². The second-order valence-electron chi connectivity index (χ2n) is 8.26. The number of nitrogens with zero attached hydrogens (tertiary/aromatic N) is 2. The van der Waals surface area contributed by atoms with E-state index in [0.29, 0.717) is 36.3 Å². The monoisotopic (exact) mass is 460 g/mol. The van der Waals surface area contributed by atoms with Crippen molar-refractivity contribution in [1.29, 1.82) is 0 Å². The number of H-pyrrole nitrogens is 1. The number of aromatic amines is 1. The van der Waals surface area contributed by atoms with Gasteiger partial charge in [-0.3, -0.25) is 14.5 Å². The van der Waals surface area contributed by atoms with Crippen LogP contribution >= 0.6 is 11.3 Å². The number of aromatic hydroxyl groups is 1. The Kier molecular flexibility index (Phi) is 5.93. The maximum Gasteiger partial charge on any atom is 0.260 e. The molecule has 0 aliphatic carbocycles. The lowest BCUT2D eigenvalue weighted by Gasteiger charge is -2.30. The molecular weight excluding hydrogens is 436 g/mol. The van der Waals surface area contributed by atoms with Crippen molar-refractivity contribution in [3.63, 3.8) is 0 Å². The lowest BCUT2D eigenvalue weighted by Crippen LogP contribution is -2.38. The highest BCUT2D eigenvalue weighted by atomic mass is 32.1. The van der Waals surface area contributed by atoms with Crippen molar-refractivity contribution >= 4 is 33.1 Å². The van der Waals surface area contributed by atoms with Gasteiger partial charge < -0.3 is 15.4 Å². The van der Waals surface area contributed by atoms with E-state index in [1.165, 1.54) is 11.3 Å². The van der Waals surface area contributed by atoms with Crippen LogP contribution in [0.2, 0.25) is 0 Å². The van der Waals surface area contributed by atoms with Crippen molar-refractivity contribution in [3.05, 3.63) is 76.2 Å². The van der Waals surface area contributed by atoms with E-state index < -0.39 is 0 Å². The van der Waals surface area contributed by atoms with Gasteiger partial charge in [0.2, 0.25) is 5.91 Å². The van der Waals surface area contributed by atoms with Gasteiger partial charge in [-0.05, 0) is 43.6 Å². The van der Waals surface area contributed by atoms with Crippen LogP contribution in [0.1, 0.15) is 18.7 Å². The molecule has 2 aromatic heterocycles. The van der Waals surface area contributed by atoms with Crippen LogP contribution in [0.5, 0.6) is 5.75 Å². The van der Waals surface area contributed by atoms with Gasteiger partial charge in [0.15, 0.2) is 0 Å². The minimum Gasteiger partial charge on any atom is -0.506 e. The molecular formula is C25H24N4O3S. The van der Waals surface area contributed by atoms with Gasteiger partial charge in [0.05, 0.1) is 17.6 Å². The fraction of sp³-hybridized carbons (Fsp3) is 0.240. The molecule has 8 heteroatoms. The lowest BCUT2D eigenvalue weighted by atomic mass is 9.95. The predicted octanol–water partition coefficient (Wildman–Crippen LogP) is 4.21.